The summed E-state index contributed by atoms with van der Waals surface area (Å²) in [6, 6.07) is 16.2. The molecule has 0 spiro atoms. The zero-order valence-corrected chi connectivity index (χ0v) is 16.6. The van der Waals surface area contributed by atoms with Crippen LogP contribution in [0.4, 0.5) is 0 Å². The normalized spacial score (nSPS) is 11.1. The Morgan fingerprint density at radius 1 is 1.00 bits per heavy atom. The number of halogens is 2. The Hall–Kier alpha value is -2.69. The molecule has 0 aliphatic carbocycles. The first-order valence-electron chi connectivity index (χ1n) is 8.89. The quantitative estimate of drug-likeness (QED) is 0.374. The van der Waals surface area contributed by atoms with Gasteiger partial charge in [0.25, 0.3) is 0 Å². The minimum atomic E-state index is -0.00153. The van der Waals surface area contributed by atoms with E-state index in [2.05, 4.69) is 12.1 Å². The van der Waals surface area contributed by atoms with E-state index in [-0.39, 0.29) is 10.8 Å². The van der Waals surface area contributed by atoms with E-state index in [0.717, 1.165) is 29.7 Å². The molecule has 0 saturated carbocycles. The predicted octanol–water partition coefficient (Wildman–Crippen LogP) is 7.25. The summed E-state index contributed by atoms with van der Waals surface area (Å²) in [5.41, 5.74) is 3.22. The van der Waals surface area contributed by atoms with Gasteiger partial charge >= 0.3 is 0 Å². The highest BCUT2D eigenvalue weighted by molar-refractivity contribution is 6.32. The van der Waals surface area contributed by atoms with Crippen LogP contribution in [0.25, 0.3) is 22.2 Å². The van der Waals surface area contributed by atoms with Crippen molar-refractivity contribution in [2.75, 3.05) is 0 Å². The summed E-state index contributed by atoms with van der Waals surface area (Å²) in [7, 11) is 0. The van der Waals surface area contributed by atoms with Gasteiger partial charge in [0, 0.05) is 16.7 Å². The van der Waals surface area contributed by atoms with Crippen LogP contribution < -0.4 is 4.74 Å². The average Bonchev–Trinajstić information content (AvgIpc) is 3.07. The fraction of sp³-hybridized carbons (Fsp3) is 0.136. The fourth-order valence-electron chi connectivity index (χ4n) is 3.12. The Labute approximate surface area is 172 Å². The van der Waals surface area contributed by atoms with Crippen molar-refractivity contribution in [1.82, 2.24) is 5.16 Å². The number of hydrogen-bond acceptors (Lipinski definition) is 4. The van der Waals surface area contributed by atoms with Gasteiger partial charge in [-0.25, -0.2) is 0 Å². The molecule has 0 radical (unpaired) electrons. The summed E-state index contributed by atoms with van der Waals surface area (Å²) in [5, 5.41) is 15.8. The number of rotatable bonds is 5. The topological polar surface area (TPSA) is 55.5 Å². The number of ether oxygens (including phenoxy) is 1. The van der Waals surface area contributed by atoms with Crippen molar-refractivity contribution < 1.29 is 14.4 Å². The van der Waals surface area contributed by atoms with Gasteiger partial charge in [-0.15, -0.1) is 0 Å². The van der Waals surface area contributed by atoms with Crippen LogP contribution in [0.1, 0.15) is 18.9 Å². The van der Waals surface area contributed by atoms with Crippen LogP contribution in [0.2, 0.25) is 10.0 Å². The lowest BCUT2D eigenvalue weighted by atomic mass is 9.98. The predicted molar refractivity (Wildman–Crippen MR) is 112 cm³/mol. The van der Waals surface area contributed by atoms with E-state index in [1.165, 1.54) is 0 Å². The summed E-state index contributed by atoms with van der Waals surface area (Å²) < 4.78 is 11.4. The molecule has 0 atom stereocenters. The van der Waals surface area contributed by atoms with Crippen LogP contribution >= 0.6 is 23.2 Å². The second kappa shape index (κ2) is 7.74. The Morgan fingerprint density at radius 2 is 1.75 bits per heavy atom. The number of phenolic OH excluding ortho intramolecular Hbond substituents is 1. The molecule has 4 nitrogen and oxygen atoms in total. The van der Waals surface area contributed by atoms with Gasteiger partial charge in [-0.2, -0.15) is 0 Å². The van der Waals surface area contributed by atoms with E-state index < -0.39 is 0 Å². The standard InChI is InChI=1S/C22H17Cl2NO3/c1-2-3-13-10-16(27-15-6-4-14(23)5-7-15)8-9-17(13)22-18-11-20(26)19(24)12-21(18)28-25-22/h4-12,26H,2-3H2,1H3. The van der Waals surface area contributed by atoms with E-state index in [4.69, 9.17) is 32.5 Å². The highest BCUT2D eigenvalue weighted by atomic mass is 35.5. The van der Waals surface area contributed by atoms with Crippen molar-refractivity contribution in [2.24, 2.45) is 0 Å². The van der Waals surface area contributed by atoms with Gasteiger partial charge in [-0.05, 0) is 60.5 Å². The maximum Gasteiger partial charge on any atom is 0.169 e. The second-order valence-electron chi connectivity index (χ2n) is 6.46. The summed E-state index contributed by atoms with van der Waals surface area (Å²) in [5.74, 6) is 1.44. The van der Waals surface area contributed by atoms with Crippen LogP contribution in [0.3, 0.4) is 0 Å². The maximum atomic E-state index is 9.98. The Bertz CT molecular complexity index is 1140. The molecule has 0 bridgehead atoms. The van der Waals surface area contributed by atoms with Gasteiger partial charge in [0.2, 0.25) is 0 Å². The summed E-state index contributed by atoms with van der Waals surface area (Å²) in [4.78, 5) is 0. The number of fused-ring (bicyclic) bond motifs is 1. The van der Waals surface area contributed by atoms with Crippen molar-refractivity contribution >= 4 is 34.2 Å². The monoisotopic (exact) mass is 413 g/mol. The number of nitrogens with zero attached hydrogens (tertiary/aromatic N) is 1. The van der Waals surface area contributed by atoms with Gasteiger partial charge < -0.3 is 14.4 Å². The smallest absolute Gasteiger partial charge is 0.169 e. The highest BCUT2D eigenvalue weighted by Gasteiger charge is 2.17. The zero-order valence-electron chi connectivity index (χ0n) is 15.1. The van der Waals surface area contributed by atoms with Crippen molar-refractivity contribution in [3.05, 3.63) is 70.2 Å². The third-order valence-electron chi connectivity index (χ3n) is 4.44. The van der Waals surface area contributed by atoms with E-state index in [1.54, 1.807) is 24.3 Å². The molecule has 1 heterocycles. The molecular formula is C22H17Cl2NO3. The molecule has 1 aromatic heterocycles. The molecule has 0 fully saturated rings. The van der Waals surface area contributed by atoms with E-state index in [1.807, 2.05) is 30.3 Å². The Morgan fingerprint density at radius 3 is 2.50 bits per heavy atom. The second-order valence-corrected chi connectivity index (χ2v) is 7.30. The first-order chi connectivity index (χ1) is 13.5. The molecule has 4 rings (SSSR count). The van der Waals surface area contributed by atoms with Crippen LogP contribution in [-0.4, -0.2) is 10.3 Å². The molecule has 6 heteroatoms. The van der Waals surface area contributed by atoms with Crippen molar-refractivity contribution in [1.29, 1.82) is 0 Å². The summed E-state index contributed by atoms with van der Waals surface area (Å²) in [6.07, 6.45) is 1.81. The van der Waals surface area contributed by atoms with E-state index >= 15 is 0 Å². The molecule has 0 aliphatic rings. The van der Waals surface area contributed by atoms with Crippen molar-refractivity contribution in [3.63, 3.8) is 0 Å². The fourth-order valence-corrected chi connectivity index (χ4v) is 3.40. The zero-order chi connectivity index (χ0) is 19.7. The lowest BCUT2D eigenvalue weighted by Gasteiger charge is -2.11. The SMILES string of the molecule is CCCc1cc(Oc2ccc(Cl)cc2)ccc1-c1noc2cc(Cl)c(O)cc12. The van der Waals surface area contributed by atoms with Crippen LogP contribution in [0, 0.1) is 0 Å². The summed E-state index contributed by atoms with van der Waals surface area (Å²) in [6.45, 7) is 2.11. The average molecular weight is 414 g/mol. The molecular weight excluding hydrogens is 397 g/mol. The number of aromatic hydroxyl groups is 1. The lowest BCUT2D eigenvalue weighted by molar-refractivity contribution is 0.457. The van der Waals surface area contributed by atoms with Gasteiger partial charge in [0.15, 0.2) is 5.58 Å². The van der Waals surface area contributed by atoms with E-state index in [9.17, 15) is 5.11 Å². The third-order valence-corrected chi connectivity index (χ3v) is 4.99. The number of benzene rings is 3. The molecule has 142 valence electrons. The van der Waals surface area contributed by atoms with Crippen LogP contribution in [0.5, 0.6) is 17.2 Å². The minimum absolute atomic E-state index is 0.00153. The maximum absolute atomic E-state index is 9.98. The van der Waals surface area contributed by atoms with Crippen LogP contribution in [-0.2, 0) is 6.42 Å². The molecule has 4 aromatic rings. The van der Waals surface area contributed by atoms with Crippen molar-refractivity contribution in [3.8, 4) is 28.5 Å². The van der Waals surface area contributed by atoms with Crippen molar-refractivity contribution in [2.45, 2.75) is 19.8 Å². The number of phenols is 1. The Balaban J connectivity index is 1.75. The van der Waals surface area contributed by atoms with E-state index in [0.29, 0.717) is 27.4 Å². The highest BCUT2D eigenvalue weighted by Crippen LogP contribution is 2.37. The molecule has 0 unspecified atom stereocenters. The minimum Gasteiger partial charge on any atom is -0.506 e. The number of aromatic nitrogens is 1. The lowest BCUT2D eigenvalue weighted by Crippen LogP contribution is -1.93. The van der Waals surface area contributed by atoms with Gasteiger partial charge in [0.05, 0.1) is 10.4 Å². The third kappa shape index (κ3) is 3.66. The molecule has 0 amide bonds. The first kappa shape index (κ1) is 18.7. The largest absolute Gasteiger partial charge is 0.506 e. The number of hydrogen-bond donors (Lipinski definition) is 1. The molecule has 1 N–H and O–H groups in total. The Kier molecular flexibility index (Phi) is 5.16. The van der Waals surface area contributed by atoms with Gasteiger partial charge in [-0.3, -0.25) is 0 Å². The molecule has 0 aliphatic heterocycles. The first-order valence-corrected chi connectivity index (χ1v) is 9.65. The van der Waals surface area contributed by atoms with Crippen LogP contribution in [0.15, 0.2) is 59.1 Å². The molecule has 3 aromatic carbocycles. The van der Waals surface area contributed by atoms with Gasteiger partial charge in [0.1, 0.15) is 22.9 Å². The molecule has 0 saturated heterocycles. The molecule has 28 heavy (non-hydrogen) atoms. The van der Waals surface area contributed by atoms with Gasteiger partial charge in [-0.1, -0.05) is 41.7 Å². The number of aryl methyl sites for hydroxylation is 1. The summed E-state index contributed by atoms with van der Waals surface area (Å²) >= 11 is 11.9.